The second-order valence-electron chi connectivity index (χ2n) is 7.75. The van der Waals surface area contributed by atoms with Gasteiger partial charge in [-0.25, -0.2) is 4.39 Å². The van der Waals surface area contributed by atoms with E-state index >= 15 is 0 Å². The minimum absolute atomic E-state index is 0.143. The molecule has 0 amide bonds. The maximum atomic E-state index is 13.1. The molecule has 4 rings (SSSR count). The molecule has 2 fully saturated rings. The van der Waals surface area contributed by atoms with E-state index < -0.39 is 5.97 Å². The van der Waals surface area contributed by atoms with Gasteiger partial charge in [-0.1, -0.05) is 0 Å². The SMILES string of the molecule is O=C(O)CN(CC1CC1)C1CC(NCc2cn[nH]c2-c2ccc(F)cc2)C1. The number of nitrogens with zero attached hydrogens (tertiary/aromatic N) is 2. The zero-order chi connectivity index (χ0) is 18.8. The van der Waals surface area contributed by atoms with Gasteiger partial charge in [0.15, 0.2) is 0 Å². The molecule has 3 N–H and O–H groups in total. The Bertz CT molecular complexity index is 782. The second-order valence-corrected chi connectivity index (χ2v) is 7.75. The van der Waals surface area contributed by atoms with Crippen LogP contribution in [0.5, 0.6) is 0 Å². The lowest BCUT2D eigenvalue weighted by molar-refractivity contribution is -0.139. The van der Waals surface area contributed by atoms with Gasteiger partial charge in [0.25, 0.3) is 0 Å². The first-order valence-corrected chi connectivity index (χ1v) is 9.56. The highest BCUT2D eigenvalue weighted by molar-refractivity contribution is 5.69. The van der Waals surface area contributed by atoms with E-state index in [1.165, 1.54) is 25.0 Å². The Morgan fingerprint density at radius 1 is 1.30 bits per heavy atom. The zero-order valence-electron chi connectivity index (χ0n) is 15.2. The van der Waals surface area contributed by atoms with Crippen LogP contribution in [0.15, 0.2) is 30.5 Å². The average molecular weight is 372 g/mol. The second kappa shape index (κ2) is 7.78. The van der Waals surface area contributed by atoms with Crippen LogP contribution in [0.2, 0.25) is 0 Å². The topological polar surface area (TPSA) is 81.2 Å². The summed E-state index contributed by atoms with van der Waals surface area (Å²) >= 11 is 0. The van der Waals surface area contributed by atoms with Crippen molar-refractivity contribution in [3.63, 3.8) is 0 Å². The summed E-state index contributed by atoms with van der Waals surface area (Å²) in [7, 11) is 0. The number of aromatic nitrogens is 2. The number of aliphatic carboxylic acids is 1. The lowest BCUT2D eigenvalue weighted by Crippen LogP contribution is -2.54. The summed E-state index contributed by atoms with van der Waals surface area (Å²) in [5, 5.41) is 19.8. The number of carboxylic acids is 1. The summed E-state index contributed by atoms with van der Waals surface area (Å²) in [6.07, 6.45) is 6.22. The van der Waals surface area contributed by atoms with Crippen LogP contribution in [-0.4, -0.2) is 51.3 Å². The maximum absolute atomic E-state index is 13.1. The van der Waals surface area contributed by atoms with Gasteiger partial charge in [-0.3, -0.25) is 14.8 Å². The van der Waals surface area contributed by atoms with Crippen molar-refractivity contribution in [2.24, 2.45) is 5.92 Å². The fraction of sp³-hybridized carbons (Fsp3) is 0.500. The van der Waals surface area contributed by atoms with Crippen LogP contribution in [0.1, 0.15) is 31.2 Å². The molecule has 144 valence electrons. The van der Waals surface area contributed by atoms with E-state index in [4.69, 9.17) is 5.11 Å². The molecule has 2 aliphatic carbocycles. The van der Waals surface area contributed by atoms with E-state index in [9.17, 15) is 9.18 Å². The molecule has 0 saturated heterocycles. The molecule has 2 aliphatic rings. The van der Waals surface area contributed by atoms with Crippen molar-refractivity contribution in [1.82, 2.24) is 20.4 Å². The van der Waals surface area contributed by atoms with Gasteiger partial charge in [0, 0.05) is 36.3 Å². The van der Waals surface area contributed by atoms with Gasteiger partial charge < -0.3 is 10.4 Å². The van der Waals surface area contributed by atoms with Crippen molar-refractivity contribution in [3.05, 3.63) is 41.8 Å². The number of hydrogen-bond donors (Lipinski definition) is 3. The number of benzene rings is 1. The molecular formula is C20H25FN4O2. The number of aromatic amines is 1. The Morgan fingerprint density at radius 2 is 2.04 bits per heavy atom. The Labute approximate surface area is 157 Å². The normalized spacial score (nSPS) is 22.0. The summed E-state index contributed by atoms with van der Waals surface area (Å²) in [5.41, 5.74) is 2.86. The van der Waals surface area contributed by atoms with E-state index in [1.807, 2.05) is 0 Å². The van der Waals surface area contributed by atoms with Gasteiger partial charge >= 0.3 is 5.97 Å². The summed E-state index contributed by atoms with van der Waals surface area (Å²) in [5.74, 6) is -0.300. The Kier molecular flexibility index (Phi) is 5.22. The molecule has 7 heteroatoms. The number of carbonyl (C=O) groups is 1. The summed E-state index contributed by atoms with van der Waals surface area (Å²) in [6.45, 7) is 1.74. The highest BCUT2D eigenvalue weighted by Crippen LogP contribution is 2.34. The maximum Gasteiger partial charge on any atom is 0.317 e. The largest absolute Gasteiger partial charge is 0.480 e. The predicted octanol–water partition coefficient (Wildman–Crippen LogP) is 2.63. The fourth-order valence-corrected chi connectivity index (χ4v) is 3.77. The molecule has 1 aromatic carbocycles. The van der Waals surface area contributed by atoms with Gasteiger partial charge in [-0.2, -0.15) is 5.10 Å². The first-order valence-electron chi connectivity index (χ1n) is 9.56. The van der Waals surface area contributed by atoms with Crippen LogP contribution >= 0.6 is 0 Å². The molecule has 0 spiro atoms. The van der Waals surface area contributed by atoms with Gasteiger partial charge in [-0.15, -0.1) is 0 Å². The molecule has 27 heavy (non-hydrogen) atoms. The third kappa shape index (κ3) is 4.54. The lowest BCUT2D eigenvalue weighted by atomic mass is 9.85. The number of nitrogens with one attached hydrogen (secondary N) is 2. The van der Waals surface area contributed by atoms with Gasteiger partial charge in [0.05, 0.1) is 18.4 Å². The van der Waals surface area contributed by atoms with Crippen LogP contribution in [0.4, 0.5) is 4.39 Å². The molecule has 0 atom stereocenters. The van der Waals surface area contributed by atoms with Crippen molar-refractivity contribution in [3.8, 4) is 11.3 Å². The van der Waals surface area contributed by atoms with Crippen LogP contribution < -0.4 is 5.32 Å². The van der Waals surface area contributed by atoms with Gasteiger partial charge in [0.1, 0.15) is 5.82 Å². The van der Waals surface area contributed by atoms with Gasteiger partial charge in [0.2, 0.25) is 0 Å². The molecule has 0 unspecified atom stereocenters. The summed E-state index contributed by atoms with van der Waals surface area (Å²) in [4.78, 5) is 13.3. The van der Waals surface area contributed by atoms with E-state index in [-0.39, 0.29) is 12.4 Å². The first kappa shape index (κ1) is 18.1. The van der Waals surface area contributed by atoms with Crippen LogP contribution in [-0.2, 0) is 11.3 Å². The number of halogens is 1. The van der Waals surface area contributed by atoms with E-state index in [2.05, 4.69) is 20.4 Å². The third-order valence-corrected chi connectivity index (χ3v) is 5.59. The monoisotopic (exact) mass is 372 g/mol. The zero-order valence-corrected chi connectivity index (χ0v) is 15.2. The van der Waals surface area contributed by atoms with Crippen LogP contribution in [0.25, 0.3) is 11.3 Å². The summed E-state index contributed by atoms with van der Waals surface area (Å²) < 4.78 is 13.1. The highest BCUT2D eigenvalue weighted by atomic mass is 19.1. The van der Waals surface area contributed by atoms with Crippen molar-refractivity contribution in [1.29, 1.82) is 0 Å². The number of hydrogen-bond acceptors (Lipinski definition) is 4. The molecule has 2 aromatic rings. The van der Waals surface area contributed by atoms with Gasteiger partial charge in [-0.05, 0) is 55.9 Å². The minimum Gasteiger partial charge on any atom is -0.480 e. The Balaban J connectivity index is 1.29. The molecule has 2 saturated carbocycles. The van der Waals surface area contributed by atoms with Crippen molar-refractivity contribution in [2.75, 3.05) is 13.1 Å². The molecule has 1 heterocycles. The van der Waals surface area contributed by atoms with Crippen molar-refractivity contribution < 1.29 is 14.3 Å². The predicted molar refractivity (Wildman–Crippen MR) is 99.6 cm³/mol. The third-order valence-electron chi connectivity index (χ3n) is 5.59. The quantitative estimate of drug-likeness (QED) is 0.630. The van der Waals surface area contributed by atoms with Crippen LogP contribution in [0.3, 0.4) is 0 Å². The minimum atomic E-state index is -0.741. The molecule has 0 aliphatic heterocycles. The fourth-order valence-electron chi connectivity index (χ4n) is 3.77. The number of rotatable bonds is 9. The highest BCUT2D eigenvalue weighted by Gasteiger charge is 2.36. The van der Waals surface area contributed by atoms with Crippen molar-refractivity contribution in [2.45, 2.75) is 44.3 Å². The smallest absolute Gasteiger partial charge is 0.317 e. The number of H-pyrrole nitrogens is 1. The Morgan fingerprint density at radius 3 is 2.70 bits per heavy atom. The molecular weight excluding hydrogens is 347 g/mol. The first-order chi connectivity index (χ1) is 13.1. The standard InChI is InChI=1S/C20H25FN4O2/c21-16-5-3-14(4-6-16)20-15(10-23-24-20)9-22-17-7-18(8-17)25(12-19(26)27)11-13-1-2-13/h3-6,10,13,17-18,22H,1-2,7-9,11-12H2,(H,23,24)(H,26,27). The molecule has 6 nitrogen and oxygen atoms in total. The lowest BCUT2D eigenvalue weighted by Gasteiger charge is -2.43. The van der Waals surface area contributed by atoms with E-state index in [0.29, 0.717) is 24.5 Å². The molecule has 0 bridgehead atoms. The summed E-state index contributed by atoms with van der Waals surface area (Å²) in [6, 6.07) is 7.13. The number of carboxylic acid groups (broad SMARTS) is 1. The van der Waals surface area contributed by atoms with Crippen LogP contribution in [0, 0.1) is 11.7 Å². The molecule has 0 radical (unpaired) electrons. The van der Waals surface area contributed by atoms with Crippen molar-refractivity contribution >= 4 is 5.97 Å². The van der Waals surface area contributed by atoms with E-state index in [0.717, 1.165) is 36.2 Å². The Hall–Kier alpha value is -2.25. The molecule has 1 aromatic heterocycles. The van der Waals surface area contributed by atoms with E-state index in [1.54, 1.807) is 18.3 Å². The average Bonchev–Trinajstić information content (AvgIpc) is 3.28.